The molecule has 2 amide bonds. The van der Waals surface area contributed by atoms with E-state index >= 15 is 0 Å². The molecule has 0 bridgehead atoms. The van der Waals surface area contributed by atoms with Gasteiger partial charge in [-0.25, -0.2) is 4.98 Å². The number of nitrogen functional groups attached to an aromatic ring is 1. The zero-order valence-electron chi connectivity index (χ0n) is 14.0. The second-order valence-electron chi connectivity index (χ2n) is 6.95. The van der Waals surface area contributed by atoms with Crippen LogP contribution in [-0.2, 0) is 16.0 Å². The molecule has 7 heteroatoms. The van der Waals surface area contributed by atoms with Crippen LogP contribution in [0.1, 0.15) is 50.6 Å². The van der Waals surface area contributed by atoms with Crippen LogP contribution in [0.4, 0.5) is 5.13 Å². The summed E-state index contributed by atoms with van der Waals surface area (Å²) in [5.41, 5.74) is 6.44. The molecule has 2 aliphatic rings. The Bertz CT molecular complexity index is 583. The molecule has 1 saturated carbocycles. The number of likely N-dealkylation sites (tertiary alicyclic amines) is 1. The molecule has 1 aliphatic carbocycles. The van der Waals surface area contributed by atoms with Gasteiger partial charge in [-0.2, -0.15) is 0 Å². The molecule has 0 radical (unpaired) electrons. The summed E-state index contributed by atoms with van der Waals surface area (Å²) in [6.45, 7) is 1.52. The van der Waals surface area contributed by atoms with Crippen molar-refractivity contribution in [3.8, 4) is 0 Å². The van der Waals surface area contributed by atoms with Gasteiger partial charge in [0.2, 0.25) is 11.8 Å². The highest BCUT2D eigenvalue weighted by atomic mass is 32.1. The van der Waals surface area contributed by atoms with Crippen LogP contribution in [0.5, 0.6) is 0 Å². The van der Waals surface area contributed by atoms with Crippen LogP contribution >= 0.6 is 11.3 Å². The van der Waals surface area contributed by atoms with Gasteiger partial charge in [-0.15, -0.1) is 11.3 Å². The average Bonchev–Trinajstić information content (AvgIpc) is 3.12. The van der Waals surface area contributed by atoms with Gasteiger partial charge >= 0.3 is 0 Å². The molecule has 0 aromatic carbocycles. The zero-order chi connectivity index (χ0) is 16.9. The molecule has 2 fully saturated rings. The molecule has 3 N–H and O–H groups in total. The Balaban J connectivity index is 1.40. The first-order valence-corrected chi connectivity index (χ1v) is 9.75. The first-order chi connectivity index (χ1) is 11.6. The number of nitrogens with zero attached hydrogens (tertiary/aromatic N) is 2. The van der Waals surface area contributed by atoms with Crippen LogP contribution in [0.15, 0.2) is 5.38 Å². The predicted octanol–water partition coefficient (Wildman–Crippen LogP) is 1.96. The lowest BCUT2D eigenvalue weighted by Gasteiger charge is -2.27. The summed E-state index contributed by atoms with van der Waals surface area (Å²) in [6, 6.07) is -0.0471. The number of rotatable bonds is 6. The summed E-state index contributed by atoms with van der Waals surface area (Å²) in [5.74, 6) is 0.810. The molecule has 6 nitrogen and oxygen atoms in total. The van der Waals surface area contributed by atoms with Crippen molar-refractivity contribution >= 4 is 28.3 Å². The number of nitrogens with two attached hydrogens (primary N) is 1. The van der Waals surface area contributed by atoms with Gasteiger partial charge in [-0.05, 0) is 25.2 Å². The molecule has 1 unspecified atom stereocenters. The van der Waals surface area contributed by atoms with E-state index in [2.05, 4.69) is 10.3 Å². The highest BCUT2D eigenvalue weighted by Crippen LogP contribution is 2.26. The SMILES string of the molecule is Nc1nc(CCC(=O)NC2CC(=O)N(CC3CCCCC3)C2)cs1. The van der Waals surface area contributed by atoms with E-state index in [1.165, 1.54) is 43.4 Å². The standard InChI is InChI=1S/C17H26N4O2S/c18-17-20-13(11-24-17)6-7-15(22)19-14-8-16(23)21(10-14)9-12-4-2-1-3-5-12/h11-12,14H,1-10H2,(H2,18,20)(H,19,22). The van der Waals surface area contributed by atoms with Crippen molar-refractivity contribution in [1.29, 1.82) is 0 Å². The Morgan fingerprint density at radius 2 is 2.17 bits per heavy atom. The van der Waals surface area contributed by atoms with Crippen LogP contribution in [0.25, 0.3) is 0 Å². The van der Waals surface area contributed by atoms with E-state index in [1.807, 2.05) is 10.3 Å². The van der Waals surface area contributed by atoms with E-state index in [9.17, 15) is 9.59 Å². The lowest BCUT2D eigenvalue weighted by Crippen LogP contribution is -2.38. The summed E-state index contributed by atoms with van der Waals surface area (Å²) in [6.07, 6.45) is 7.77. The Kier molecular flexibility index (Phi) is 5.71. The molecule has 3 rings (SSSR count). The number of hydrogen-bond acceptors (Lipinski definition) is 5. The third kappa shape index (κ3) is 4.69. The van der Waals surface area contributed by atoms with E-state index < -0.39 is 0 Å². The molecular weight excluding hydrogens is 324 g/mol. The predicted molar refractivity (Wildman–Crippen MR) is 94.6 cm³/mol. The molecule has 1 aromatic heterocycles. The van der Waals surface area contributed by atoms with Crippen molar-refractivity contribution in [2.45, 2.75) is 57.4 Å². The van der Waals surface area contributed by atoms with E-state index in [0.29, 0.717) is 36.9 Å². The maximum atomic E-state index is 12.2. The number of thiazole rings is 1. The monoisotopic (exact) mass is 350 g/mol. The third-order valence-corrected chi connectivity index (χ3v) is 5.68. The van der Waals surface area contributed by atoms with Crippen molar-refractivity contribution in [1.82, 2.24) is 15.2 Å². The van der Waals surface area contributed by atoms with Crippen molar-refractivity contribution < 1.29 is 9.59 Å². The van der Waals surface area contributed by atoms with Gasteiger partial charge in [-0.3, -0.25) is 9.59 Å². The fourth-order valence-corrected chi connectivity index (χ4v) is 4.30. The van der Waals surface area contributed by atoms with Crippen molar-refractivity contribution in [2.24, 2.45) is 5.92 Å². The van der Waals surface area contributed by atoms with Gasteiger partial charge in [0.25, 0.3) is 0 Å². The molecule has 0 spiro atoms. The third-order valence-electron chi connectivity index (χ3n) is 4.96. The minimum Gasteiger partial charge on any atom is -0.375 e. The normalized spacial score (nSPS) is 22.1. The average molecular weight is 350 g/mol. The maximum absolute atomic E-state index is 12.2. The molecule has 1 aromatic rings. The van der Waals surface area contributed by atoms with Crippen LogP contribution in [-0.4, -0.2) is 40.8 Å². The lowest BCUT2D eigenvalue weighted by molar-refractivity contribution is -0.128. The summed E-state index contributed by atoms with van der Waals surface area (Å²) in [4.78, 5) is 30.4. The van der Waals surface area contributed by atoms with Gasteiger partial charge < -0.3 is 16.0 Å². The van der Waals surface area contributed by atoms with Crippen molar-refractivity contribution in [3.63, 3.8) is 0 Å². The minimum absolute atomic E-state index is 0.0149. The number of carbonyl (C=O) groups is 2. The van der Waals surface area contributed by atoms with Gasteiger partial charge in [0, 0.05) is 31.3 Å². The molecule has 132 valence electrons. The van der Waals surface area contributed by atoms with Gasteiger partial charge in [0.05, 0.1) is 11.7 Å². The maximum Gasteiger partial charge on any atom is 0.224 e. The summed E-state index contributed by atoms with van der Waals surface area (Å²) in [7, 11) is 0. The number of anilines is 1. The first kappa shape index (κ1) is 17.2. The van der Waals surface area contributed by atoms with Crippen LogP contribution in [0.2, 0.25) is 0 Å². The van der Waals surface area contributed by atoms with E-state index in [0.717, 1.165) is 12.2 Å². The van der Waals surface area contributed by atoms with Crippen LogP contribution in [0.3, 0.4) is 0 Å². The van der Waals surface area contributed by atoms with E-state index in [4.69, 9.17) is 5.73 Å². The number of amides is 2. The number of aryl methyl sites for hydroxylation is 1. The Morgan fingerprint density at radius 1 is 1.38 bits per heavy atom. The number of nitrogens with one attached hydrogen (secondary N) is 1. The Morgan fingerprint density at radius 3 is 2.88 bits per heavy atom. The van der Waals surface area contributed by atoms with Crippen molar-refractivity contribution in [3.05, 3.63) is 11.1 Å². The molecule has 2 heterocycles. The highest BCUT2D eigenvalue weighted by molar-refractivity contribution is 7.13. The second kappa shape index (κ2) is 7.96. The summed E-state index contributed by atoms with van der Waals surface area (Å²) >= 11 is 1.39. The Labute approximate surface area is 146 Å². The minimum atomic E-state index is -0.0471. The molecule has 1 saturated heterocycles. The smallest absolute Gasteiger partial charge is 0.224 e. The number of carbonyl (C=O) groups excluding carboxylic acids is 2. The van der Waals surface area contributed by atoms with Gasteiger partial charge in [0.1, 0.15) is 0 Å². The first-order valence-electron chi connectivity index (χ1n) is 8.87. The Hall–Kier alpha value is -1.63. The lowest BCUT2D eigenvalue weighted by atomic mass is 9.89. The van der Waals surface area contributed by atoms with E-state index in [-0.39, 0.29) is 17.9 Å². The van der Waals surface area contributed by atoms with E-state index in [1.54, 1.807) is 0 Å². The topological polar surface area (TPSA) is 88.3 Å². The highest BCUT2D eigenvalue weighted by Gasteiger charge is 2.32. The second-order valence-corrected chi connectivity index (χ2v) is 7.84. The largest absolute Gasteiger partial charge is 0.375 e. The van der Waals surface area contributed by atoms with Gasteiger partial charge in [-0.1, -0.05) is 19.3 Å². The number of hydrogen-bond donors (Lipinski definition) is 2. The molecule has 1 atom stereocenters. The molecule has 1 aliphatic heterocycles. The van der Waals surface area contributed by atoms with Crippen LogP contribution < -0.4 is 11.1 Å². The number of aromatic nitrogens is 1. The summed E-state index contributed by atoms with van der Waals surface area (Å²) < 4.78 is 0. The molecule has 24 heavy (non-hydrogen) atoms. The van der Waals surface area contributed by atoms with Gasteiger partial charge in [0.15, 0.2) is 5.13 Å². The van der Waals surface area contributed by atoms with Crippen molar-refractivity contribution in [2.75, 3.05) is 18.8 Å². The zero-order valence-corrected chi connectivity index (χ0v) is 14.8. The fraction of sp³-hybridized carbons (Fsp3) is 0.706. The van der Waals surface area contributed by atoms with Crippen LogP contribution in [0, 0.1) is 5.92 Å². The fourth-order valence-electron chi connectivity index (χ4n) is 3.71. The quantitative estimate of drug-likeness (QED) is 0.821. The summed E-state index contributed by atoms with van der Waals surface area (Å²) in [5, 5.41) is 5.41. The molecular formula is C17H26N4O2S.